The van der Waals surface area contributed by atoms with E-state index in [9.17, 15) is 4.79 Å². The standard InChI is InChI=1S/C20H20ClN3O2S/c1-13-6-7-16(26-2)17-18(13)27-20(22-17)24-10-8-23(9-11-24)19(25)14-4-3-5-15(21)12-14/h3-7,12H,8-11H2,1-2H3. The van der Waals surface area contributed by atoms with Gasteiger partial charge in [-0.25, -0.2) is 4.98 Å². The third-order valence-electron chi connectivity index (χ3n) is 4.82. The molecule has 0 radical (unpaired) electrons. The van der Waals surface area contributed by atoms with Gasteiger partial charge in [0.25, 0.3) is 5.91 Å². The van der Waals surface area contributed by atoms with Gasteiger partial charge in [0.15, 0.2) is 5.13 Å². The predicted molar refractivity (Wildman–Crippen MR) is 110 cm³/mol. The van der Waals surface area contributed by atoms with Crippen LogP contribution < -0.4 is 9.64 Å². The van der Waals surface area contributed by atoms with Gasteiger partial charge in [-0.1, -0.05) is 35.1 Å². The maximum Gasteiger partial charge on any atom is 0.254 e. The molecule has 0 bridgehead atoms. The largest absolute Gasteiger partial charge is 0.494 e. The van der Waals surface area contributed by atoms with Crippen molar-refractivity contribution in [3.63, 3.8) is 0 Å². The summed E-state index contributed by atoms with van der Waals surface area (Å²) in [6.07, 6.45) is 0. The van der Waals surface area contributed by atoms with E-state index in [2.05, 4.69) is 17.9 Å². The zero-order chi connectivity index (χ0) is 19.0. The van der Waals surface area contributed by atoms with Gasteiger partial charge in [-0.3, -0.25) is 4.79 Å². The lowest BCUT2D eigenvalue weighted by molar-refractivity contribution is 0.0747. The Labute approximate surface area is 167 Å². The molecule has 2 heterocycles. The number of amides is 1. The highest BCUT2D eigenvalue weighted by molar-refractivity contribution is 7.22. The normalized spacial score (nSPS) is 14.6. The zero-order valence-electron chi connectivity index (χ0n) is 15.2. The number of carbonyl (C=O) groups is 1. The summed E-state index contributed by atoms with van der Waals surface area (Å²) in [5.74, 6) is 0.826. The minimum atomic E-state index is 0.0268. The van der Waals surface area contributed by atoms with E-state index >= 15 is 0 Å². The van der Waals surface area contributed by atoms with Gasteiger partial charge in [-0.15, -0.1) is 0 Å². The van der Waals surface area contributed by atoms with Crippen LogP contribution in [0.1, 0.15) is 15.9 Å². The molecule has 0 aliphatic carbocycles. The Balaban J connectivity index is 1.50. The third kappa shape index (κ3) is 3.47. The van der Waals surface area contributed by atoms with E-state index in [1.54, 1.807) is 30.6 Å². The lowest BCUT2D eigenvalue weighted by Gasteiger charge is -2.34. The van der Waals surface area contributed by atoms with Crippen LogP contribution in [0, 0.1) is 6.92 Å². The molecule has 0 N–H and O–H groups in total. The first-order valence-corrected chi connectivity index (χ1v) is 10.00. The van der Waals surface area contributed by atoms with E-state index in [0.29, 0.717) is 23.7 Å². The molecule has 2 aromatic carbocycles. The molecule has 1 aliphatic rings. The average molecular weight is 402 g/mol. The van der Waals surface area contributed by atoms with Crippen LogP contribution in [0.2, 0.25) is 5.02 Å². The van der Waals surface area contributed by atoms with Crippen LogP contribution in [0.15, 0.2) is 36.4 Å². The number of thiazole rings is 1. The fourth-order valence-electron chi connectivity index (χ4n) is 3.30. The molecule has 0 saturated carbocycles. The van der Waals surface area contributed by atoms with Crippen molar-refractivity contribution in [2.45, 2.75) is 6.92 Å². The second-order valence-electron chi connectivity index (χ2n) is 6.55. The number of aryl methyl sites for hydroxylation is 1. The topological polar surface area (TPSA) is 45.7 Å². The molecule has 3 aromatic rings. The number of nitrogens with zero attached hydrogens (tertiary/aromatic N) is 3. The Morgan fingerprint density at radius 3 is 2.67 bits per heavy atom. The van der Waals surface area contributed by atoms with Crippen LogP contribution in [0.3, 0.4) is 0 Å². The highest BCUT2D eigenvalue weighted by atomic mass is 35.5. The van der Waals surface area contributed by atoms with Crippen LogP contribution in [0.4, 0.5) is 5.13 Å². The lowest BCUT2D eigenvalue weighted by Crippen LogP contribution is -2.48. The van der Waals surface area contributed by atoms with Gasteiger partial charge in [0.05, 0.1) is 11.8 Å². The van der Waals surface area contributed by atoms with Crippen LogP contribution in [-0.4, -0.2) is 49.1 Å². The maximum atomic E-state index is 12.7. The minimum Gasteiger partial charge on any atom is -0.494 e. The average Bonchev–Trinajstić information content (AvgIpc) is 3.14. The summed E-state index contributed by atoms with van der Waals surface area (Å²) in [7, 11) is 1.67. The van der Waals surface area contributed by atoms with Crippen molar-refractivity contribution in [1.29, 1.82) is 0 Å². The first-order chi connectivity index (χ1) is 13.1. The monoisotopic (exact) mass is 401 g/mol. The summed E-state index contributed by atoms with van der Waals surface area (Å²) < 4.78 is 6.61. The number of methoxy groups -OCH3 is 1. The van der Waals surface area contributed by atoms with E-state index in [1.807, 2.05) is 23.1 Å². The molecule has 5 nitrogen and oxygen atoms in total. The fraction of sp³-hybridized carbons (Fsp3) is 0.300. The Kier molecular flexibility index (Phi) is 4.93. The molecule has 1 amide bonds. The maximum absolute atomic E-state index is 12.7. The number of piperazine rings is 1. The summed E-state index contributed by atoms with van der Waals surface area (Å²) in [5, 5.41) is 1.56. The second-order valence-corrected chi connectivity index (χ2v) is 7.96. The van der Waals surface area contributed by atoms with Gasteiger partial charge in [-0.2, -0.15) is 0 Å². The number of hydrogen-bond donors (Lipinski definition) is 0. The Bertz CT molecular complexity index is 996. The number of ether oxygens (including phenoxy) is 1. The first-order valence-electron chi connectivity index (χ1n) is 8.81. The summed E-state index contributed by atoms with van der Waals surface area (Å²) in [4.78, 5) is 21.6. The van der Waals surface area contributed by atoms with Crippen molar-refractivity contribution in [3.8, 4) is 5.75 Å². The van der Waals surface area contributed by atoms with Crippen LogP contribution in [-0.2, 0) is 0 Å². The number of halogens is 1. The van der Waals surface area contributed by atoms with Crippen molar-refractivity contribution in [2.24, 2.45) is 0 Å². The van der Waals surface area contributed by atoms with Crippen LogP contribution in [0.25, 0.3) is 10.2 Å². The van der Waals surface area contributed by atoms with Gasteiger partial charge in [0, 0.05) is 36.8 Å². The molecule has 27 heavy (non-hydrogen) atoms. The molecular weight excluding hydrogens is 382 g/mol. The fourth-order valence-corrected chi connectivity index (χ4v) is 4.60. The van der Waals surface area contributed by atoms with Crippen molar-refractivity contribution >= 4 is 44.2 Å². The molecular formula is C20H20ClN3O2S. The highest BCUT2D eigenvalue weighted by Gasteiger charge is 2.24. The van der Waals surface area contributed by atoms with Gasteiger partial charge >= 0.3 is 0 Å². The Hall–Kier alpha value is -2.31. The van der Waals surface area contributed by atoms with E-state index in [1.165, 1.54) is 5.56 Å². The van der Waals surface area contributed by atoms with Crippen LogP contribution in [0.5, 0.6) is 5.75 Å². The smallest absolute Gasteiger partial charge is 0.254 e. The van der Waals surface area contributed by atoms with Crippen molar-refractivity contribution in [1.82, 2.24) is 9.88 Å². The molecule has 1 fully saturated rings. The minimum absolute atomic E-state index is 0.0268. The quantitative estimate of drug-likeness (QED) is 0.658. The Morgan fingerprint density at radius 1 is 1.19 bits per heavy atom. The van der Waals surface area contributed by atoms with Crippen molar-refractivity contribution < 1.29 is 9.53 Å². The number of anilines is 1. The molecule has 7 heteroatoms. The summed E-state index contributed by atoms with van der Waals surface area (Å²) in [5.41, 5.74) is 2.75. The number of aromatic nitrogens is 1. The van der Waals surface area contributed by atoms with Gasteiger partial charge in [0.1, 0.15) is 11.3 Å². The van der Waals surface area contributed by atoms with E-state index in [0.717, 1.165) is 34.2 Å². The lowest BCUT2D eigenvalue weighted by atomic mass is 10.2. The van der Waals surface area contributed by atoms with Crippen LogP contribution >= 0.6 is 22.9 Å². The van der Waals surface area contributed by atoms with E-state index in [4.69, 9.17) is 21.3 Å². The number of hydrogen-bond acceptors (Lipinski definition) is 5. The van der Waals surface area contributed by atoms with Gasteiger partial charge < -0.3 is 14.5 Å². The highest BCUT2D eigenvalue weighted by Crippen LogP contribution is 2.36. The zero-order valence-corrected chi connectivity index (χ0v) is 16.8. The summed E-state index contributed by atoms with van der Waals surface area (Å²) in [6, 6.07) is 11.1. The second kappa shape index (κ2) is 7.37. The number of fused-ring (bicyclic) bond motifs is 1. The summed E-state index contributed by atoms with van der Waals surface area (Å²) >= 11 is 7.69. The predicted octanol–water partition coefficient (Wildman–Crippen LogP) is 4.23. The molecule has 0 unspecified atom stereocenters. The van der Waals surface area contributed by atoms with Gasteiger partial charge in [-0.05, 0) is 36.8 Å². The SMILES string of the molecule is COc1ccc(C)c2sc(N3CCN(C(=O)c4cccc(Cl)c4)CC3)nc12. The molecule has 1 saturated heterocycles. The summed E-state index contributed by atoms with van der Waals surface area (Å²) in [6.45, 7) is 4.93. The number of carbonyl (C=O) groups excluding carboxylic acids is 1. The molecule has 0 atom stereocenters. The number of rotatable bonds is 3. The molecule has 1 aliphatic heterocycles. The Morgan fingerprint density at radius 2 is 1.96 bits per heavy atom. The van der Waals surface area contributed by atoms with E-state index < -0.39 is 0 Å². The molecule has 0 spiro atoms. The van der Waals surface area contributed by atoms with E-state index in [-0.39, 0.29) is 5.91 Å². The third-order valence-corrected chi connectivity index (χ3v) is 6.31. The number of benzene rings is 2. The first kappa shape index (κ1) is 18.1. The molecule has 4 rings (SSSR count). The van der Waals surface area contributed by atoms with Crippen molar-refractivity contribution in [2.75, 3.05) is 38.2 Å². The molecule has 1 aromatic heterocycles. The van der Waals surface area contributed by atoms with Gasteiger partial charge in [0.2, 0.25) is 0 Å². The molecule has 140 valence electrons. The van der Waals surface area contributed by atoms with Crippen molar-refractivity contribution in [3.05, 3.63) is 52.5 Å².